The lowest BCUT2D eigenvalue weighted by atomic mass is 10.1. The second-order valence-electron chi connectivity index (χ2n) is 4.94. The summed E-state index contributed by atoms with van der Waals surface area (Å²) >= 11 is 1.72. The molecule has 104 valence electrons. The van der Waals surface area contributed by atoms with Crippen molar-refractivity contribution < 1.29 is 4.39 Å². The van der Waals surface area contributed by atoms with Crippen molar-refractivity contribution in [2.24, 2.45) is 0 Å². The van der Waals surface area contributed by atoms with E-state index in [-0.39, 0.29) is 5.82 Å². The molecule has 1 nitrogen and oxygen atoms in total. The smallest absolute Gasteiger partial charge is 0.124 e. The van der Waals surface area contributed by atoms with Crippen molar-refractivity contribution in [3.63, 3.8) is 0 Å². The van der Waals surface area contributed by atoms with Gasteiger partial charge in [0, 0.05) is 15.6 Å². The molecule has 0 bridgehead atoms. The van der Waals surface area contributed by atoms with Crippen LogP contribution in [0.5, 0.6) is 0 Å². The van der Waals surface area contributed by atoms with Gasteiger partial charge < -0.3 is 5.32 Å². The average molecular weight is 279 g/mol. The minimum atomic E-state index is -0.146. The number of hydrogen-bond donors (Lipinski definition) is 1. The number of hydrogen-bond acceptors (Lipinski definition) is 2. The number of rotatable bonds is 7. The Morgan fingerprint density at radius 1 is 1.21 bits per heavy atom. The summed E-state index contributed by atoms with van der Waals surface area (Å²) in [6.45, 7) is 5.34. The van der Waals surface area contributed by atoms with Crippen molar-refractivity contribution in [3.05, 3.63) is 35.0 Å². The standard InChI is InChI=1S/C16H22FNS/c1-3-5-6-7-14(18-4-2)16-10-12-8-9-13(17)11-15(12)19-16/h8-11,14,18H,3-7H2,1-2H3. The first-order chi connectivity index (χ1) is 9.24. The predicted molar refractivity (Wildman–Crippen MR) is 82.3 cm³/mol. The second-order valence-corrected chi connectivity index (χ2v) is 6.05. The second kappa shape index (κ2) is 7.01. The Balaban J connectivity index is 2.17. The lowest BCUT2D eigenvalue weighted by Gasteiger charge is -2.15. The average Bonchev–Trinajstić information content (AvgIpc) is 2.80. The van der Waals surface area contributed by atoms with Crippen molar-refractivity contribution in [2.75, 3.05) is 6.54 Å². The summed E-state index contributed by atoms with van der Waals surface area (Å²) in [5.74, 6) is -0.146. The van der Waals surface area contributed by atoms with Gasteiger partial charge in [0.05, 0.1) is 0 Å². The van der Waals surface area contributed by atoms with Gasteiger partial charge in [-0.2, -0.15) is 0 Å². The molecule has 0 aliphatic carbocycles. The number of thiophene rings is 1. The van der Waals surface area contributed by atoms with Crippen molar-refractivity contribution in [1.82, 2.24) is 5.32 Å². The molecule has 0 saturated heterocycles. The highest BCUT2D eigenvalue weighted by molar-refractivity contribution is 7.19. The fraction of sp³-hybridized carbons (Fsp3) is 0.500. The molecule has 19 heavy (non-hydrogen) atoms. The van der Waals surface area contributed by atoms with E-state index in [2.05, 4.69) is 25.2 Å². The summed E-state index contributed by atoms with van der Waals surface area (Å²) < 4.78 is 14.3. The highest BCUT2D eigenvalue weighted by Gasteiger charge is 2.13. The molecule has 1 atom stereocenters. The van der Waals surface area contributed by atoms with Gasteiger partial charge in [0.1, 0.15) is 5.82 Å². The van der Waals surface area contributed by atoms with E-state index in [0.717, 1.165) is 23.1 Å². The summed E-state index contributed by atoms with van der Waals surface area (Å²) in [4.78, 5) is 1.33. The van der Waals surface area contributed by atoms with Crippen LogP contribution in [0.3, 0.4) is 0 Å². The van der Waals surface area contributed by atoms with Crippen LogP contribution in [0.4, 0.5) is 4.39 Å². The molecule has 0 aliphatic rings. The van der Waals surface area contributed by atoms with Gasteiger partial charge in [-0.15, -0.1) is 11.3 Å². The molecule has 3 heteroatoms. The normalized spacial score (nSPS) is 13.0. The van der Waals surface area contributed by atoms with Crippen LogP contribution in [-0.2, 0) is 0 Å². The van der Waals surface area contributed by atoms with E-state index in [0.29, 0.717) is 6.04 Å². The van der Waals surface area contributed by atoms with Crippen LogP contribution in [-0.4, -0.2) is 6.54 Å². The Bertz CT molecular complexity index is 520. The summed E-state index contributed by atoms with van der Waals surface area (Å²) in [7, 11) is 0. The van der Waals surface area contributed by atoms with Gasteiger partial charge in [-0.25, -0.2) is 4.39 Å². The molecule has 0 spiro atoms. The molecule has 1 aromatic heterocycles. The molecule has 0 fully saturated rings. The van der Waals surface area contributed by atoms with E-state index in [1.165, 1.54) is 30.2 Å². The van der Waals surface area contributed by atoms with Crippen molar-refractivity contribution in [1.29, 1.82) is 0 Å². The molecule has 0 saturated carbocycles. The van der Waals surface area contributed by atoms with Crippen molar-refractivity contribution >= 4 is 21.4 Å². The molecule has 0 amide bonds. The zero-order valence-electron chi connectivity index (χ0n) is 11.7. The summed E-state index contributed by atoms with van der Waals surface area (Å²) in [6, 6.07) is 7.67. The Kier molecular flexibility index (Phi) is 5.34. The first-order valence-corrected chi connectivity index (χ1v) is 7.98. The van der Waals surface area contributed by atoms with Crippen molar-refractivity contribution in [2.45, 2.75) is 45.6 Å². The van der Waals surface area contributed by atoms with E-state index in [9.17, 15) is 4.39 Å². The lowest BCUT2D eigenvalue weighted by Crippen LogP contribution is -2.19. The number of fused-ring (bicyclic) bond motifs is 1. The molecule has 2 aromatic rings. The van der Waals surface area contributed by atoms with Crippen LogP contribution >= 0.6 is 11.3 Å². The third-order valence-corrected chi connectivity index (χ3v) is 4.60. The topological polar surface area (TPSA) is 12.0 Å². The molecule has 1 N–H and O–H groups in total. The molecular weight excluding hydrogens is 257 g/mol. The quantitative estimate of drug-likeness (QED) is 0.681. The Hall–Kier alpha value is -0.930. The van der Waals surface area contributed by atoms with Crippen LogP contribution in [0.1, 0.15) is 50.4 Å². The number of nitrogens with one attached hydrogen (secondary N) is 1. The maximum absolute atomic E-state index is 13.2. The Morgan fingerprint density at radius 2 is 2.05 bits per heavy atom. The van der Waals surface area contributed by atoms with Crippen LogP contribution < -0.4 is 5.32 Å². The minimum Gasteiger partial charge on any atom is -0.310 e. The Labute approximate surface area is 118 Å². The third kappa shape index (κ3) is 3.77. The Morgan fingerprint density at radius 3 is 2.79 bits per heavy atom. The van der Waals surface area contributed by atoms with E-state index in [4.69, 9.17) is 0 Å². The van der Waals surface area contributed by atoms with Crippen molar-refractivity contribution in [3.8, 4) is 0 Å². The number of unbranched alkanes of at least 4 members (excludes halogenated alkanes) is 2. The zero-order chi connectivity index (χ0) is 13.7. The molecule has 2 rings (SSSR count). The predicted octanol–water partition coefficient (Wildman–Crippen LogP) is 5.27. The molecular formula is C16H22FNS. The van der Waals surface area contributed by atoms with Crippen LogP contribution in [0.25, 0.3) is 10.1 Å². The molecule has 1 aromatic carbocycles. The maximum atomic E-state index is 13.2. The molecule has 0 radical (unpaired) electrons. The highest BCUT2D eigenvalue weighted by Crippen LogP contribution is 2.32. The van der Waals surface area contributed by atoms with E-state index in [1.54, 1.807) is 17.4 Å². The van der Waals surface area contributed by atoms with Crippen LogP contribution in [0.15, 0.2) is 24.3 Å². The zero-order valence-corrected chi connectivity index (χ0v) is 12.5. The summed E-state index contributed by atoms with van der Waals surface area (Å²) in [6.07, 6.45) is 4.94. The fourth-order valence-electron chi connectivity index (χ4n) is 2.39. The van der Waals surface area contributed by atoms with Gasteiger partial charge in [0.2, 0.25) is 0 Å². The maximum Gasteiger partial charge on any atom is 0.124 e. The van der Waals surface area contributed by atoms with Crippen LogP contribution in [0, 0.1) is 5.82 Å². The minimum absolute atomic E-state index is 0.146. The van der Waals surface area contributed by atoms with Gasteiger partial charge in [-0.1, -0.05) is 39.2 Å². The van der Waals surface area contributed by atoms with Gasteiger partial charge in [-0.05, 0) is 36.6 Å². The monoisotopic (exact) mass is 279 g/mol. The van der Waals surface area contributed by atoms with E-state index < -0.39 is 0 Å². The summed E-state index contributed by atoms with van der Waals surface area (Å²) in [5, 5.41) is 4.70. The van der Waals surface area contributed by atoms with Gasteiger partial charge in [0.15, 0.2) is 0 Å². The van der Waals surface area contributed by atoms with Gasteiger partial charge in [0.25, 0.3) is 0 Å². The fourth-order valence-corrected chi connectivity index (χ4v) is 3.59. The van der Waals surface area contributed by atoms with Gasteiger partial charge >= 0.3 is 0 Å². The number of benzene rings is 1. The SMILES string of the molecule is CCCCCC(NCC)c1cc2ccc(F)cc2s1. The summed E-state index contributed by atoms with van der Waals surface area (Å²) in [5.41, 5.74) is 0. The van der Waals surface area contributed by atoms with Gasteiger partial charge in [-0.3, -0.25) is 0 Å². The number of halogens is 1. The molecule has 0 aliphatic heterocycles. The lowest BCUT2D eigenvalue weighted by molar-refractivity contribution is 0.493. The largest absolute Gasteiger partial charge is 0.310 e. The highest BCUT2D eigenvalue weighted by atomic mass is 32.1. The first kappa shape index (κ1) is 14.5. The van der Waals surface area contributed by atoms with E-state index in [1.807, 2.05) is 6.07 Å². The van der Waals surface area contributed by atoms with E-state index >= 15 is 0 Å². The molecule has 1 heterocycles. The first-order valence-electron chi connectivity index (χ1n) is 7.17. The third-order valence-electron chi connectivity index (χ3n) is 3.39. The molecule has 1 unspecified atom stereocenters. The van der Waals surface area contributed by atoms with Crippen LogP contribution in [0.2, 0.25) is 0 Å².